The van der Waals surface area contributed by atoms with Crippen LogP contribution in [0.2, 0.25) is 0 Å². The highest BCUT2D eigenvalue weighted by molar-refractivity contribution is 8.08. The first-order valence-electron chi connectivity index (χ1n) is 38.6. The van der Waals surface area contributed by atoms with E-state index in [1.807, 2.05) is 0 Å². The number of aromatic nitrogens is 23. The highest BCUT2D eigenvalue weighted by Crippen LogP contribution is 2.60. The predicted octanol–water partition coefficient (Wildman–Crippen LogP) is 0.612. The lowest BCUT2D eigenvalue weighted by molar-refractivity contribution is -0.0651. The van der Waals surface area contributed by atoms with E-state index in [4.69, 9.17) is 182 Å². The second-order valence-electron chi connectivity index (χ2n) is 30.1. The molecule has 6 unspecified atom stereocenters. The van der Waals surface area contributed by atoms with Crippen LogP contribution in [0.3, 0.4) is 0 Å². The van der Waals surface area contributed by atoms with Crippen molar-refractivity contribution < 1.29 is 134 Å². The van der Waals surface area contributed by atoms with E-state index in [1.54, 1.807) is 0 Å². The fourth-order valence-electron chi connectivity index (χ4n) is 15.6. The molecular formula is C61H67F5N28O27P6S6. The largest absolute Gasteiger partial charge is 0.397 e. The zero-order valence-electron chi connectivity index (χ0n) is 66.2. The quantitative estimate of drug-likeness (QED) is 0.0801. The molecule has 9 saturated heterocycles. The molecule has 21 heterocycles. The molecule has 714 valence electrons. The predicted molar refractivity (Wildman–Crippen MR) is 461 cm³/mol. The molecule has 29 atom stereocenters. The molecule has 19 N–H and O–H groups in total. The fourth-order valence-corrected chi connectivity index (χ4v) is 24.2. The van der Waals surface area contributed by atoms with Crippen LogP contribution in [0.4, 0.5) is 50.9 Å². The number of aromatic amines is 3. The molecule has 55 nitrogen and oxygen atoms in total. The van der Waals surface area contributed by atoms with Gasteiger partial charge in [0.05, 0.1) is 87.3 Å². The van der Waals surface area contributed by atoms with Crippen molar-refractivity contribution in [1.82, 2.24) is 114 Å². The molecule has 12 aromatic rings. The van der Waals surface area contributed by atoms with Crippen LogP contribution in [0.25, 0.3) is 66.9 Å². The lowest BCUT2D eigenvalue weighted by Crippen LogP contribution is -2.34. The van der Waals surface area contributed by atoms with Crippen molar-refractivity contribution in [3.63, 3.8) is 0 Å². The molecule has 0 saturated carbocycles. The molecule has 0 amide bonds. The molecule has 0 spiro atoms. The van der Waals surface area contributed by atoms with Crippen LogP contribution in [0, 0.1) is 0 Å². The van der Waals surface area contributed by atoms with E-state index in [2.05, 4.69) is 85.8 Å². The number of halogens is 5. The summed E-state index contributed by atoms with van der Waals surface area (Å²) < 4.78 is 188. The number of fused-ring (bicyclic) bond motifs is 15. The number of nitrogen functional groups attached to an aromatic ring is 5. The van der Waals surface area contributed by atoms with Crippen molar-refractivity contribution in [3.05, 3.63) is 99.1 Å². The summed E-state index contributed by atoms with van der Waals surface area (Å²) in [5.41, 5.74) is 29.2. The molecule has 12 aromatic heterocycles. The smallest absolute Gasteiger partial charge is 0.325 e. The molecule has 133 heavy (non-hydrogen) atoms. The highest BCUT2D eigenvalue weighted by atomic mass is 32.5. The van der Waals surface area contributed by atoms with Crippen molar-refractivity contribution in [3.8, 4) is 0 Å². The monoisotopic (exact) mass is 2100 g/mol. The Morgan fingerprint density at radius 3 is 1.22 bits per heavy atom. The van der Waals surface area contributed by atoms with Gasteiger partial charge in [-0.05, 0) is 95.1 Å². The first kappa shape index (κ1) is 94.3. The van der Waals surface area contributed by atoms with Gasteiger partial charge < -0.3 is 128 Å². The summed E-state index contributed by atoms with van der Waals surface area (Å²) in [6.07, 6.45) is -26.0. The Kier molecular flexibility index (Phi) is 25.7. The van der Waals surface area contributed by atoms with Gasteiger partial charge in [-0.2, -0.15) is 24.0 Å². The van der Waals surface area contributed by atoms with Gasteiger partial charge in [-0.15, -0.1) is 15.3 Å². The first-order chi connectivity index (χ1) is 63.1. The maximum Gasteiger partial charge on any atom is 0.325 e. The maximum atomic E-state index is 16.0. The van der Waals surface area contributed by atoms with E-state index in [0.717, 1.165) is 14.0 Å². The number of pyridine rings is 4. The topological polar surface area (TPSA) is 726 Å². The molecule has 0 radical (unpaired) electrons. The molecule has 9 fully saturated rings. The summed E-state index contributed by atoms with van der Waals surface area (Å²) >= 11 is 31.0. The lowest BCUT2D eigenvalue weighted by atomic mass is 10.1. The van der Waals surface area contributed by atoms with Crippen LogP contribution in [0.1, 0.15) is 43.8 Å². The van der Waals surface area contributed by atoms with E-state index in [9.17, 15) is 43.7 Å². The summed E-state index contributed by atoms with van der Waals surface area (Å²) in [4.78, 5) is 143. The van der Waals surface area contributed by atoms with Gasteiger partial charge in [0.2, 0.25) is 11.9 Å². The third-order valence-electron chi connectivity index (χ3n) is 21.6. The number of nitrogens with zero attached hydrogens (tertiary/aromatic N) is 20. The Morgan fingerprint density at radius 2 is 0.729 bits per heavy atom. The molecule has 6 bridgehead atoms. The van der Waals surface area contributed by atoms with Crippen LogP contribution >= 0.6 is 40.3 Å². The molecular weight excluding hydrogens is 2030 g/mol. The lowest BCUT2D eigenvalue weighted by Gasteiger charge is -2.27. The summed E-state index contributed by atoms with van der Waals surface area (Å²) in [6.45, 7) is -29.1. The van der Waals surface area contributed by atoms with Gasteiger partial charge in [-0.3, -0.25) is 56.1 Å². The van der Waals surface area contributed by atoms with Crippen molar-refractivity contribution in [2.75, 3.05) is 68.3 Å². The Labute approximate surface area is 765 Å². The number of nitrogens with two attached hydrogens (primary N) is 5. The zero-order valence-corrected chi connectivity index (χ0v) is 76.5. The number of H-pyrrole nitrogens is 3. The Bertz CT molecular complexity index is 7050. The molecule has 21 rings (SSSR count). The van der Waals surface area contributed by atoms with Gasteiger partial charge in [0.15, 0.2) is 119 Å². The van der Waals surface area contributed by atoms with Gasteiger partial charge in [0.1, 0.15) is 78.2 Å². The summed E-state index contributed by atoms with van der Waals surface area (Å²) in [7, 11) is 0. The Hall–Kier alpha value is -7.64. The number of alkyl halides is 5. The SMILES string of the molecule is Nc1ccnc2c1ncn2[C@@H]1O[C@@H]2COP(O)(=S)O[C@@H]3[C@@H](F)[C@@H](COP(O)(=S)O[C@H]2[C@@H]1F)O[C@H]3n1cnc2c(=O)[nH]ccc21.Nc1nc2c(nnn2[C@@H]2O[C@@H]3COP(O)(=S)O[C@H]4[C@H](F)[C@H](n5cnc6c(N)ccnc65)O[C@@H]4COP(O)(=S)O[C@@H]2[C@H]3F)c(=O)[nH]1.Nc1nc2c(nnn2[C@@H]2O[C@@H]3COP(O)(=S)O[C@H]4[C@H](F)[C@H](n5nnc6c(N)ccnc65)O[C@@H]4COP(O)(=S)O[C@@H]2C3)c(=O)[nH]1. The summed E-state index contributed by atoms with van der Waals surface area (Å²) in [6, 6.07) is 6.06. The molecule has 9 aliphatic rings. The standard InChI is InChI=1S/C22H23F2N7O9P2S2.C20H22F2N10O9P2S2.C19H22FN11O9P2S2/c23-13-11-5-35-41(33,43)39-17-12(38-21(14(17)24)31-8-28-15-9(25)1-3-26-19(15)31)6-36-42(34,44)40-18(13)22(37-11)30-7-29-16-10(30)2-4-27-20(16)32;21-9-7-3-36-42(34,44)40-13-8(39-18(10(13)22)31-5-26-11-6(23)1-2-25-15(11)31)4-37-43(35,45)41-14(9)19(38-7)32-16-12(29-30-32)17(33)28-20(24)27-16;20-10-13-9(38-18(10)30-14-11(26-28-30)7(21)1-2-23-14)5-36-41(33,43)39-8-3-6(4-35-42(34,44)40-13)37-17(8)31-15-12(27-29-31)16(32)25-19(22)24-15/h1-4,7-8,11-14,17-18,21-22H,5-6H2,(H2,25,26)(H,27,32)(H,33,43)(H,34,44);1-2,5,7-10,13-14,18-19H,3-4H2,(H2,23,25)(H,34,44)(H,35,45)(H3,24,27,28,33);1-2,6,8-10,13,17-18H,3-5H2,(H2,21,23)(H,33,43)(H,34,44)(H3,22,24,25,32)/t11-,12-,13+,14+,17-,18-,21-,22-,41?,42?;7-,8-,9+,10+,13-,14-,18-,19-,42?,43?;6-,8+,9+,10-,13+,17+,18+,41?,42?/m110/s1. The highest BCUT2D eigenvalue weighted by Gasteiger charge is 2.59. The Morgan fingerprint density at radius 1 is 0.361 bits per heavy atom. The average molecular weight is 2100 g/mol. The summed E-state index contributed by atoms with van der Waals surface area (Å²) in [5, 5.41) is 23.2. The number of nitrogens with one attached hydrogen (secondary N) is 3. The number of imidazole rings is 3. The van der Waals surface area contributed by atoms with E-state index < -0.39 is 231 Å². The average Bonchev–Trinajstić information content (AvgIpc) is 1.74. The number of hydrogen-bond donors (Lipinski definition) is 14. The zero-order chi connectivity index (χ0) is 93.8. The van der Waals surface area contributed by atoms with Crippen molar-refractivity contribution >= 4 is 207 Å². The van der Waals surface area contributed by atoms with Crippen LogP contribution < -0.4 is 45.3 Å². The van der Waals surface area contributed by atoms with Crippen LogP contribution in [-0.4, -0.2) is 287 Å². The minimum Gasteiger partial charge on any atom is -0.397 e. The van der Waals surface area contributed by atoms with Gasteiger partial charge in [0.25, 0.3) is 16.7 Å². The third-order valence-corrected chi connectivity index (χ3v) is 31.0. The number of anilines is 5. The molecule has 0 aliphatic carbocycles. The minimum atomic E-state index is -4.37. The van der Waals surface area contributed by atoms with Crippen LogP contribution in [0.15, 0.2) is 82.4 Å². The maximum absolute atomic E-state index is 16.0. The summed E-state index contributed by atoms with van der Waals surface area (Å²) in [5.74, 6) is -0.497. The third kappa shape index (κ3) is 18.6. The number of rotatable bonds is 6. The van der Waals surface area contributed by atoms with Gasteiger partial charge in [-0.25, -0.2) is 51.9 Å². The second kappa shape index (κ2) is 36.3. The fraction of sp³-hybridized carbons (Fsp3) is 0.492. The molecule has 9 aliphatic heterocycles. The molecule has 72 heteroatoms. The number of ether oxygens (including phenoxy) is 6. The van der Waals surface area contributed by atoms with Crippen molar-refractivity contribution in [2.24, 2.45) is 0 Å². The molecule has 0 aromatic carbocycles. The van der Waals surface area contributed by atoms with Crippen molar-refractivity contribution in [2.45, 2.75) is 148 Å². The van der Waals surface area contributed by atoms with Gasteiger partial charge in [-0.1, -0.05) is 15.6 Å². The van der Waals surface area contributed by atoms with Crippen LogP contribution in [-0.2, 0) is 154 Å². The minimum absolute atomic E-state index is 0.0228. The van der Waals surface area contributed by atoms with Gasteiger partial charge >= 0.3 is 40.3 Å². The van der Waals surface area contributed by atoms with Crippen molar-refractivity contribution in [1.29, 1.82) is 0 Å². The second-order valence-corrected chi connectivity index (χ2v) is 46.8. The van der Waals surface area contributed by atoms with E-state index >= 15 is 22.0 Å². The normalized spacial score (nSPS) is 37.5. The first-order valence-corrected chi connectivity index (χ1v) is 54.1. The van der Waals surface area contributed by atoms with E-state index in [0.29, 0.717) is 11.2 Å². The van der Waals surface area contributed by atoms with Gasteiger partial charge in [0, 0.05) is 31.2 Å². The van der Waals surface area contributed by atoms with E-state index in [-0.39, 0.29) is 97.6 Å². The Balaban J connectivity index is 0.000000129. The van der Waals surface area contributed by atoms with E-state index in [1.165, 1.54) is 81.7 Å². The van der Waals surface area contributed by atoms with Crippen LogP contribution in [0.5, 0.6) is 0 Å². The number of hydrogen-bond acceptors (Lipinski definition) is 46.